The molecule has 0 radical (unpaired) electrons. The summed E-state index contributed by atoms with van der Waals surface area (Å²) in [5, 5.41) is 0. The van der Waals surface area contributed by atoms with Crippen LogP contribution in [0.2, 0.25) is 0 Å². The van der Waals surface area contributed by atoms with Crippen LogP contribution in [-0.2, 0) is 28.6 Å². The number of unbranched alkanes of at least 4 members (excludes halogenated alkanes) is 15. The van der Waals surface area contributed by atoms with Gasteiger partial charge in [-0.15, -0.1) is 0 Å². The highest BCUT2D eigenvalue weighted by Crippen LogP contribution is 2.12. The number of hydrogen-bond donors (Lipinski definition) is 0. The summed E-state index contributed by atoms with van der Waals surface area (Å²) in [6.07, 6.45) is 45.0. The summed E-state index contributed by atoms with van der Waals surface area (Å²) in [5.41, 5.74) is 0. The summed E-state index contributed by atoms with van der Waals surface area (Å²) in [6, 6.07) is 0. The molecule has 6 heteroatoms. The highest BCUT2D eigenvalue weighted by molar-refractivity contribution is 5.71. The van der Waals surface area contributed by atoms with Gasteiger partial charge < -0.3 is 14.2 Å². The van der Waals surface area contributed by atoms with E-state index in [-0.39, 0.29) is 44.0 Å². The van der Waals surface area contributed by atoms with Gasteiger partial charge in [0.1, 0.15) is 13.2 Å². The number of carbonyl (C=O) groups is 3. The number of hydrogen-bond acceptors (Lipinski definition) is 6. The van der Waals surface area contributed by atoms with Gasteiger partial charge in [-0.3, -0.25) is 14.4 Å². The molecule has 0 aliphatic carbocycles. The minimum atomic E-state index is -0.801. The Morgan fingerprint density at radius 3 is 1.46 bits per heavy atom. The predicted molar refractivity (Wildman–Crippen MR) is 210 cm³/mol. The average molecular weight is 699 g/mol. The van der Waals surface area contributed by atoms with E-state index in [0.29, 0.717) is 12.8 Å². The molecule has 0 bridgehead atoms. The van der Waals surface area contributed by atoms with Crippen molar-refractivity contribution < 1.29 is 28.6 Å². The quantitative estimate of drug-likeness (QED) is 0.0215. The van der Waals surface area contributed by atoms with E-state index in [9.17, 15) is 14.4 Å². The summed E-state index contributed by atoms with van der Waals surface area (Å²) >= 11 is 0. The van der Waals surface area contributed by atoms with Crippen molar-refractivity contribution in [2.24, 2.45) is 0 Å². The van der Waals surface area contributed by atoms with Gasteiger partial charge >= 0.3 is 17.9 Å². The van der Waals surface area contributed by atoms with Crippen LogP contribution < -0.4 is 0 Å². The first-order valence-electron chi connectivity index (χ1n) is 20.3. The second-order valence-corrected chi connectivity index (χ2v) is 13.2. The zero-order chi connectivity index (χ0) is 36.6. The molecule has 0 rings (SSSR count). The molecule has 0 saturated carbocycles. The van der Waals surface area contributed by atoms with E-state index in [1.807, 2.05) is 0 Å². The second kappa shape index (κ2) is 38.9. The van der Waals surface area contributed by atoms with Gasteiger partial charge in [-0.25, -0.2) is 0 Å². The number of carbonyl (C=O) groups excluding carboxylic acids is 3. The number of ether oxygens (including phenoxy) is 3. The topological polar surface area (TPSA) is 78.9 Å². The third kappa shape index (κ3) is 36.4. The van der Waals surface area contributed by atoms with Crippen LogP contribution in [0.4, 0.5) is 0 Å². The number of esters is 3. The predicted octanol–water partition coefficient (Wildman–Crippen LogP) is 12.6. The maximum atomic E-state index is 12.6. The van der Waals surface area contributed by atoms with Crippen molar-refractivity contribution >= 4 is 17.9 Å². The summed E-state index contributed by atoms with van der Waals surface area (Å²) in [6.45, 7) is 6.35. The minimum absolute atomic E-state index is 0.101. The fraction of sp³-hybridized carbons (Fsp3) is 0.705. The monoisotopic (exact) mass is 699 g/mol. The smallest absolute Gasteiger partial charge is 0.306 e. The van der Waals surface area contributed by atoms with Crippen molar-refractivity contribution in [3.63, 3.8) is 0 Å². The first-order chi connectivity index (χ1) is 24.5. The highest BCUT2D eigenvalue weighted by atomic mass is 16.6. The second-order valence-electron chi connectivity index (χ2n) is 13.2. The molecule has 50 heavy (non-hydrogen) atoms. The molecular weight excluding hydrogens is 624 g/mol. The van der Waals surface area contributed by atoms with Crippen LogP contribution >= 0.6 is 0 Å². The van der Waals surface area contributed by atoms with Crippen LogP contribution in [0.1, 0.15) is 181 Å². The lowest BCUT2D eigenvalue weighted by Crippen LogP contribution is -2.30. The zero-order valence-corrected chi connectivity index (χ0v) is 32.4. The van der Waals surface area contributed by atoms with Crippen LogP contribution in [0, 0.1) is 0 Å². The first-order valence-corrected chi connectivity index (χ1v) is 20.3. The van der Waals surface area contributed by atoms with E-state index in [1.165, 1.54) is 57.8 Å². The molecule has 1 atom stereocenters. The Balaban J connectivity index is 4.50. The fourth-order valence-corrected chi connectivity index (χ4v) is 5.20. The molecular formula is C44H74O6. The standard InChI is InChI=1S/C44H74O6/c1-4-7-10-13-16-19-22-25-28-31-34-37-43(46)49-40-41(39-48-42(45)36-33-30-27-24-21-18-15-12-9-6-3)50-44(47)38-35-32-29-26-23-20-17-14-11-8-5-2/h7,10,14,16-17,19-20,23,25,28,41H,4-6,8-9,11-13,15,18,21-22,24,26-27,29-40H2,1-3H3/b10-7-,17-14-,19-16-,23-20-,28-25-. The maximum absolute atomic E-state index is 12.6. The molecule has 0 heterocycles. The Kier molecular flexibility index (Phi) is 36.7. The molecule has 0 saturated heterocycles. The lowest BCUT2D eigenvalue weighted by Gasteiger charge is -2.18. The van der Waals surface area contributed by atoms with E-state index in [2.05, 4.69) is 81.5 Å². The van der Waals surface area contributed by atoms with Crippen LogP contribution in [-0.4, -0.2) is 37.2 Å². The first kappa shape index (κ1) is 47.1. The van der Waals surface area contributed by atoms with E-state index in [4.69, 9.17) is 14.2 Å². The molecule has 0 aromatic heterocycles. The van der Waals surface area contributed by atoms with Gasteiger partial charge in [0.2, 0.25) is 0 Å². The van der Waals surface area contributed by atoms with Gasteiger partial charge in [0, 0.05) is 19.3 Å². The lowest BCUT2D eigenvalue weighted by atomic mass is 10.1. The largest absolute Gasteiger partial charge is 0.462 e. The van der Waals surface area contributed by atoms with Gasteiger partial charge in [-0.05, 0) is 64.2 Å². The van der Waals surface area contributed by atoms with Crippen molar-refractivity contribution in [1.82, 2.24) is 0 Å². The van der Waals surface area contributed by atoms with Crippen LogP contribution in [0.15, 0.2) is 60.8 Å². The Morgan fingerprint density at radius 2 is 0.880 bits per heavy atom. The maximum Gasteiger partial charge on any atom is 0.306 e. The van der Waals surface area contributed by atoms with E-state index < -0.39 is 6.10 Å². The molecule has 0 aliphatic heterocycles. The summed E-state index contributed by atoms with van der Waals surface area (Å²) in [4.78, 5) is 37.5. The molecule has 1 unspecified atom stereocenters. The van der Waals surface area contributed by atoms with Gasteiger partial charge in [0.05, 0.1) is 0 Å². The van der Waals surface area contributed by atoms with Crippen molar-refractivity contribution in [1.29, 1.82) is 0 Å². The van der Waals surface area contributed by atoms with Crippen LogP contribution in [0.25, 0.3) is 0 Å². The summed E-state index contributed by atoms with van der Waals surface area (Å²) in [7, 11) is 0. The molecule has 0 amide bonds. The van der Waals surface area contributed by atoms with Crippen molar-refractivity contribution in [2.75, 3.05) is 13.2 Å². The molecule has 0 aromatic carbocycles. The van der Waals surface area contributed by atoms with E-state index in [0.717, 1.165) is 77.0 Å². The Bertz CT molecular complexity index is 944. The lowest BCUT2D eigenvalue weighted by molar-refractivity contribution is -0.167. The molecule has 0 aromatic rings. The normalized spacial score (nSPS) is 12.6. The van der Waals surface area contributed by atoms with Crippen molar-refractivity contribution in [3.05, 3.63) is 60.8 Å². The van der Waals surface area contributed by atoms with Crippen LogP contribution in [0.5, 0.6) is 0 Å². The average Bonchev–Trinajstić information content (AvgIpc) is 3.11. The van der Waals surface area contributed by atoms with Gasteiger partial charge in [0.25, 0.3) is 0 Å². The molecule has 286 valence electrons. The van der Waals surface area contributed by atoms with E-state index >= 15 is 0 Å². The number of rotatable bonds is 35. The van der Waals surface area contributed by atoms with Gasteiger partial charge in [0.15, 0.2) is 6.10 Å². The van der Waals surface area contributed by atoms with Crippen molar-refractivity contribution in [3.8, 4) is 0 Å². The molecule has 6 nitrogen and oxygen atoms in total. The summed E-state index contributed by atoms with van der Waals surface area (Å²) in [5.74, 6) is -0.997. The Labute approximate surface area is 307 Å². The third-order valence-corrected chi connectivity index (χ3v) is 8.28. The Hall–Kier alpha value is -2.89. The van der Waals surface area contributed by atoms with Crippen molar-refractivity contribution in [2.45, 2.75) is 187 Å². The molecule has 0 N–H and O–H groups in total. The number of allylic oxidation sites excluding steroid dienone is 10. The third-order valence-electron chi connectivity index (χ3n) is 8.28. The molecule has 0 fully saturated rings. The van der Waals surface area contributed by atoms with E-state index in [1.54, 1.807) is 0 Å². The van der Waals surface area contributed by atoms with Gasteiger partial charge in [-0.2, -0.15) is 0 Å². The molecule has 0 spiro atoms. The fourth-order valence-electron chi connectivity index (χ4n) is 5.20. The highest BCUT2D eigenvalue weighted by Gasteiger charge is 2.19. The summed E-state index contributed by atoms with van der Waals surface area (Å²) < 4.78 is 16.5. The zero-order valence-electron chi connectivity index (χ0n) is 32.4. The van der Waals surface area contributed by atoms with Crippen LogP contribution in [0.3, 0.4) is 0 Å². The SMILES string of the molecule is CC/C=C\C/C=C\C/C=C\CCCC(=O)OCC(COC(=O)CCCCCCCCCCCC)OC(=O)CCCCC/C=C\C=C/CCCC. The minimum Gasteiger partial charge on any atom is -0.462 e. The molecule has 0 aliphatic rings. The Morgan fingerprint density at radius 1 is 0.440 bits per heavy atom. The van der Waals surface area contributed by atoms with Gasteiger partial charge in [-0.1, -0.05) is 159 Å².